The largest absolute Gasteiger partial charge is 0.497 e. The van der Waals surface area contributed by atoms with E-state index in [0.717, 1.165) is 61.2 Å². The van der Waals surface area contributed by atoms with Gasteiger partial charge in [-0.2, -0.15) is 4.98 Å². The van der Waals surface area contributed by atoms with Gasteiger partial charge in [-0.05, 0) is 74.1 Å². The molecule has 4 aromatic rings. The molecule has 5 rings (SSSR count). The number of ether oxygens (including phenoxy) is 1. The van der Waals surface area contributed by atoms with Gasteiger partial charge in [-0.15, -0.1) is 0 Å². The standard InChI is InChI=1S/C32H42N6O/c1-9-36-21-33-29-28(36)27(19-23-18-24(31(3,4)5)11-10-22(23)2)34-30(35-29)37-16-17-38(32(6,7)20-37)25-12-14-26(39-8)15-13-25/h10-15,18,21H,9,16-17,19-20H2,1-8H3. The third-order valence-corrected chi connectivity index (χ3v) is 8.02. The summed E-state index contributed by atoms with van der Waals surface area (Å²) in [5.41, 5.74) is 7.98. The lowest BCUT2D eigenvalue weighted by Crippen LogP contribution is -2.60. The Morgan fingerprint density at radius 3 is 2.38 bits per heavy atom. The van der Waals surface area contributed by atoms with E-state index in [-0.39, 0.29) is 11.0 Å². The molecule has 0 atom stereocenters. The first-order chi connectivity index (χ1) is 18.5. The van der Waals surface area contributed by atoms with E-state index in [1.165, 1.54) is 22.4 Å². The maximum atomic E-state index is 5.36. The Labute approximate surface area is 232 Å². The van der Waals surface area contributed by atoms with Crippen LogP contribution in [0.4, 0.5) is 11.6 Å². The molecule has 39 heavy (non-hydrogen) atoms. The molecule has 0 bridgehead atoms. The maximum Gasteiger partial charge on any atom is 0.227 e. The summed E-state index contributed by atoms with van der Waals surface area (Å²) in [5.74, 6) is 1.64. The molecule has 7 nitrogen and oxygen atoms in total. The lowest BCUT2D eigenvalue weighted by Gasteiger charge is -2.48. The topological polar surface area (TPSA) is 59.3 Å². The molecule has 7 heteroatoms. The van der Waals surface area contributed by atoms with Gasteiger partial charge in [0, 0.05) is 38.3 Å². The summed E-state index contributed by atoms with van der Waals surface area (Å²) in [5, 5.41) is 0. The normalized spacial score (nSPS) is 15.7. The number of methoxy groups -OCH3 is 1. The molecule has 1 aliphatic heterocycles. The van der Waals surface area contributed by atoms with Crippen LogP contribution >= 0.6 is 0 Å². The van der Waals surface area contributed by atoms with Crippen molar-refractivity contribution >= 4 is 22.8 Å². The van der Waals surface area contributed by atoms with Crippen molar-refractivity contribution < 1.29 is 4.74 Å². The van der Waals surface area contributed by atoms with Gasteiger partial charge in [0.1, 0.15) is 11.3 Å². The molecular weight excluding hydrogens is 484 g/mol. The van der Waals surface area contributed by atoms with Crippen molar-refractivity contribution in [1.29, 1.82) is 0 Å². The lowest BCUT2D eigenvalue weighted by atomic mass is 9.84. The molecule has 206 valence electrons. The van der Waals surface area contributed by atoms with Crippen LogP contribution in [-0.2, 0) is 18.4 Å². The molecule has 0 radical (unpaired) electrons. The van der Waals surface area contributed by atoms with Crippen molar-refractivity contribution in [2.45, 2.75) is 72.4 Å². The van der Waals surface area contributed by atoms with Crippen LogP contribution < -0.4 is 14.5 Å². The fourth-order valence-electron chi connectivity index (χ4n) is 5.62. The Balaban J connectivity index is 1.49. The second kappa shape index (κ2) is 10.2. The highest BCUT2D eigenvalue weighted by molar-refractivity contribution is 5.76. The van der Waals surface area contributed by atoms with E-state index in [4.69, 9.17) is 19.7 Å². The first-order valence-corrected chi connectivity index (χ1v) is 14.0. The summed E-state index contributed by atoms with van der Waals surface area (Å²) < 4.78 is 7.53. The number of fused-ring (bicyclic) bond motifs is 1. The van der Waals surface area contributed by atoms with Gasteiger partial charge in [-0.25, -0.2) is 9.97 Å². The molecule has 0 saturated carbocycles. The second-order valence-corrected chi connectivity index (χ2v) is 12.3. The van der Waals surface area contributed by atoms with Gasteiger partial charge in [-0.1, -0.05) is 39.0 Å². The number of aryl methyl sites for hydroxylation is 2. The quantitative estimate of drug-likeness (QED) is 0.300. The van der Waals surface area contributed by atoms with Crippen LogP contribution in [0.5, 0.6) is 5.75 Å². The SMILES string of the molecule is CCn1cnc2nc(N3CCN(c4ccc(OC)cc4)C(C)(C)C3)nc(Cc3cc(C(C)(C)C)ccc3C)c21. The molecule has 0 unspecified atom stereocenters. The van der Waals surface area contributed by atoms with Crippen LogP contribution in [0, 0.1) is 6.92 Å². The van der Waals surface area contributed by atoms with Crippen molar-refractivity contribution in [2.24, 2.45) is 0 Å². The number of piperazine rings is 1. The summed E-state index contributed by atoms with van der Waals surface area (Å²) >= 11 is 0. The molecule has 0 aliphatic carbocycles. The summed E-state index contributed by atoms with van der Waals surface area (Å²) in [6.07, 6.45) is 2.65. The number of hydrogen-bond acceptors (Lipinski definition) is 6. The van der Waals surface area contributed by atoms with E-state index in [1.807, 2.05) is 18.5 Å². The first kappa shape index (κ1) is 27.0. The third-order valence-electron chi connectivity index (χ3n) is 8.02. The molecule has 2 aromatic carbocycles. The minimum Gasteiger partial charge on any atom is -0.497 e. The Hall–Kier alpha value is -3.61. The molecule has 1 fully saturated rings. The van der Waals surface area contributed by atoms with E-state index < -0.39 is 0 Å². The highest BCUT2D eigenvalue weighted by Gasteiger charge is 2.35. The smallest absolute Gasteiger partial charge is 0.227 e. The van der Waals surface area contributed by atoms with Crippen LogP contribution in [0.3, 0.4) is 0 Å². The van der Waals surface area contributed by atoms with Gasteiger partial charge in [0.25, 0.3) is 0 Å². The first-order valence-electron chi connectivity index (χ1n) is 14.0. The van der Waals surface area contributed by atoms with E-state index in [1.54, 1.807) is 7.11 Å². The Morgan fingerprint density at radius 1 is 1.00 bits per heavy atom. The second-order valence-electron chi connectivity index (χ2n) is 12.3. The minimum atomic E-state index is -0.105. The van der Waals surface area contributed by atoms with Gasteiger partial charge >= 0.3 is 0 Å². The predicted molar refractivity (Wildman–Crippen MR) is 160 cm³/mol. The number of anilines is 2. The highest BCUT2D eigenvalue weighted by Crippen LogP contribution is 2.32. The van der Waals surface area contributed by atoms with Crippen LogP contribution in [0.15, 0.2) is 48.8 Å². The average molecular weight is 527 g/mol. The minimum absolute atomic E-state index is 0.0922. The number of benzene rings is 2. The molecule has 0 N–H and O–H groups in total. The molecule has 0 amide bonds. The Bertz CT molecular complexity index is 1460. The van der Waals surface area contributed by atoms with Crippen LogP contribution in [0.2, 0.25) is 0 Å². The molecular formula is C32H42N6O. The van der Waals surface area contributed by atoms with Crippen LogP contribution in [0.1, 0.15) is 63.9 Å². The fraction of sp³-hybridized carbons (Fsp3) is 0.469. The van der Waals surface area contributed by atoms with Crippen LogP contribution in [0.25, 0.3) is 11.2 Å². The maximum absolute atomic E-state index is 5.36. The number of rotatable bonds is 6. The zero-order chi connectivity index (χ0) is 27.9. The molecule has 3 heterocycles. The third kappa shape index (κ3) is 5.32. The number of imidazole rings is 1. The Kier molecular flexibility index (Phi) is 7.04. The Morgan fingerprint density at radius 2 is 1.74 bits per heavy atom. The summed E-state index contributed by atoms with van der Waals surface area (Å²) in [6.45, 7) is 19.1. The highest BCUT2D eigenvalue weighted by atomic mass is 16.5. The van der Waals surface area contributed by atoms with E-state index in [0.29, 0.717) is 0 Å². The lowest BCUT2D eigenvalue weighted by molar-refractivity contribution is 0.408. The summed E-state index contributed by atoms with van der Waals surface area (Å²) in [4.78, 5) is 19.7. The van der Waals surface area contributed by atoms with Gasteiger partial charge in [0.05, 0.1) is 24.7 Å². The van der Waals surface area contributed by atoms with Crippen molar-refractivity contribution in [1.82, 2.24) is 19.5 Å². The average Bonchev–Trinajstić information content (AvgIpc) is 3.32. The molecule has 1 aliphatic rings. The van der Waals surface area contributed by atoms with E-state index in [2.05, 4.69) is 93.2 Å². The van der Waals surface area contributed by atoms with Crippen LogP contribution in [-0.4, -0.2) is 51.8 Å². The van der Waals surface area contributed by atoms with Gasteiger partial charge in [0.2, 0.25) is 5.95 Å². The van der Waals surface area contributed by atoms with Crippen molar-refractivity contribution in [3.8, 4) is 5.75 Å². The van der Waals surface area contributed by atoms with Gasteiger partial charge in [0.15, 0.2) is 5.65 Å². The molecule has 0 spiro atoms. The van der Waals surface area contributed by atoms with E-state index in [9.17, 15) is 0 Å². The van der Waals surface area contributed by atoms with Crippen molar-refractivity contribution in [3.05, 3.63) is 71.2 Å². The number of hydrogen-bond donors (Lipinski definition) is 0. The molecule has 1 saturated heterocycles. The van der Waals surface area contributed by atoms with E-state index >= 15 is 0 Å². The molecule has 2 aromatic heterocycles. The summed E-state index contributed by atoms with van der Waals surface area (Å²) in [6, 6.07) is 15.2. The number of aromatic nitrogens is 4. The van der Waals surface area contributed by atoms with Crippen molar-refractivity contribution in [3.63, 3.8) is 0 Å². The summed E-state index contributed by atoms with van der Waals surface area (Å²) in [7, 11) is 1.70. The zero-order valence-electron chi connectivity index (χ0n) is 24.7. The number of nitrogens with zero attached hydrogens (tertiary/aromatic N) is 6. The van der Waals surface area contributed by atoms with Gasteiger partial charge in [-0.3, -0.25) is 0 Å². The monoisotopic (exact) mass is 526 g/mol. The zero-order valence-corrected chi connectivity index (χ0v) is 24.7. The predicted octanol–water partition coefficient (Wildman–Crippen LogP) is 6.16. The fourth-order valence-corrected chi connectivity index (χ4v) is 5.62. The van der Waals surface area contributed by atoms with Gasteiger partial charge < -0.3 is 19.1 Å². The van der Waals surface area contributed by atoms with Crippen molar-refractivity contribution in [2.75, 3.05) is 36.5 Å².